The molecule has 1 aromatic heterocycles. The highest BCUT2D eigenvalue weighted by atomic mass is 35.5. The van der Waals surface area contributed by atoms with E-state index in [9.17, 15) is 4.79 Å². The van der Waals surface area contributed by atoms with E-state index < -0.39 is 0 Å². The van der Waals surface area contributed by atoms with Crippen LogP contribution in [0.4, 0.5) is 0 Å². The maximum atomic E-state index is 12.6. The van der Waals surface area contributed by atoms with Gasteiger partial charge in [0.1, 0.15) is 0 Å². The highest BCUT2D eigenvalue weighted by Gasteiger charge is 2.33. The summed E-state index contributed by atoms with van der Waals surface area (Å²) in [6.45, 7) is 1.17. The summed E-state index contributed by atoms with van der Waals surface area (Å²) < 4.78 is 5.37. The first-order chi connectivity index (χ1) is 13.2. The summed E-state index contributed by atoms with van der Waals surface area (Å²) in [5.41, 5.74) is 1.98. The Morgan fingerprint density at radius 3 is 2.56 bits per heavy atom. The number of hydrogen-bond donors (Lipinski definition) is 0. The molecule has 3 aromatic rings. The van der Waals surface area contributed by atoms with Gasteiger partial charge in [0, 0.05) is 36.0 Å². The van der Waals surface area contributed by atoms with Crippen LogP contribution in [0.1, 0.15) is 24.3 Å². The third-order valence-electron chi connectivity index (χ3n) is 4.62. The molecule has 0 radical (unpaired) electrons. The van der Waals surface area contributed by atoms with Crippen LogP contribution in [0.25, 0.3) is 11.4 Å². The van der Waals surface area contributed by atoms with E-state index in [1.807, 2.05) is 47.4 Å². The summed E-state index contributed by atoms with van der Waals surface area (Å²) >= 11 is 5.91. The normalized spacial score (nSPS) is 13.5. The molecule has 1 heterocycles. The molecule has 27 heavy (non-hydrogen) atoms. The fourth-order valence-electron chi connectivity index (χ4n) is 2.96. The van der Waals surface area contributed by atoms with E-state index in [0.29, 0.717) is 36.2 Å². The van der Waals surface area contributed by atoms with Crippen LogP contribution in [0.3, 0.4) is 0 Å². The molecule has 0 bridgehead atoms. The van der Waals surface area contributed by atoms with Gasteiger partial charge in [-0.3, -0.25) is 4.79 Å². The SMILES string of the molecule is O=C(C1CC1)N(CCc1nc(-c2ccc(Cl)cc2)no1)Cc1ccccc1. The summed E-state index contributed by atoms with van der Waals surface area (Å²) in [6.07, 6.45) is 2.52. The number of carbonyl (C=O) groups is 1. The number of aromatic nitrogens is 2. The zero-order valence-corrected chi connectivity index (χ0v) is 15.6. The number of amides is 1. The van der Waals surface area contributed by atoms with Crippen molar-refractivity contribution in [2.45, 2.75) is 25.8 Å². The molecule has 1 fully saturated rings. The second-order valence-corrected chi connectivity index (χ2v) is 7.22. The summed E-state index contributed by atoms with van der Waals surface area (Å²) in [5.74, 6) is 1.46. The van der Waals surface area contributed by atoms with Crippen LogP contribution >= 0.6 is 11.6 Å². The molecule has 0 aliphatic heterocycles. The molecule has 1 aliphatic rings. The first kappa shape index (κ1) is 17.7. The van der Waals surface area contributed by atoms with Gasteiger partial charge in [0.2, 0.25) is 17.6 Å². The lowest BCUT2D eigenvalue weighted by Gasteiger charge is -2.22. The van der Waals surface area contributed by atoms with Gasteiger partial charge in [-0.25, -0.2) is 0 Å². The quantitative estimate of drug-likeness (QED) is 0.609. The second kappa shape index (κ2) is 7.92. The van der Waals surface area contributed by atoms with E-state index in [1.165, 1.54) is 0 Å². The van der Waals surface area contributed by atoms with Crippen molar-refractivity contribution in [3.63, 3.8) is 0 Å². The molecule has 2 aromatic carbocycles. The Labute approximate surface area is 163 Å². The first-order valence-corrected chi connectivity index (χ1v) is 9.48. The Morgan fingerprint density at radius 2 is 1.85 bits per heavy atom. The molecule has 1 saturated carbocycles. The summed E-state index contributed by atoms with van der Waals surface area (Å²) in [6, 6.07) is 17.3. The van der Waals surface area contributed by atoms with E-state index >= 15 is 0 Å². The van der Waals surface area contributed by atoms with Gasteiger partial charge in [0.05, 0.1) is 0 Å². The van der Waals surface area contributed by atoms with Gasteiger partial charge in [-0.05, 0) is 42.7 Å². The number of halogens is 1. The Balaban J connectivity index is 1.43. The van der Waals surface area contributed by atoms with E-state index in [4.69, 9.17) is 16.1 Å². The monoisotopic (exact) mass is 381 g/mol. The van der Waals surface area contributed by atoms with Crippen molar-refractivity contribution in [1.82, 2.24) is 15.0 Å². The Morgan fingerprint density at radius 1 is 1.11 bits per heavy atom. The van der Waals surface area contributed by atoms with Crippen LogP contribution in [-0.2, 0) is 17.8 Å². The zero-order chi connectivity index (χ0) is 18.6. The van der Waals surface area contributed by atoms with Gasteiger partial charge in [-0.15, -0.1) is 0 Å². The van der Waals surface area contributed by atoms with Gasteiger partial charge in [-0.1, -0.05) is 47.1 Å². The minimum absolute atomic E-state index is 0.182. The number of hydrogen-bond acceptors (Lipinski definition) is 4. The molecule has 0 spiro atoms. The molecule has 0 atom stereocenters. The van der Waals surface area contributed by atoms with Crippen molar-refractivity contribution >= 4 is 17.5 Å². The van der Waals surface area contributed by atoms with Crippen LogP contribution in [0, 0.1) is 5.92 Å². The molecular weight excluding hydrogens is 362 g/mol. The molecule has 0 unspecified atom stereocenters. The van der Waals surface area contributed by atoms with Crippen LogP contribution in [0.15, 0.2) is 59.1 Å². The van der Waals surface area contributed by atoms with Crippen molar-refractivity contribution in [3.05, 3.63) is 71.1 Å². The van der Waals surface area contributed by atoms with Crippen LogP contribution < -0.4 is 0 Å². The van der Waals surface area contributed by atoms with Gasteiger partial charge < -0.3 is 9.42 Å². The number of carbonyl (C=O) groups excluding carboxylic acids is 1. The smallest absolute Gasteiger partial charge is 0.228 e. The summed E-state index contributed by atoms with van der Waals surface area (Å²) in [5, 5.41) is 4.70. The van der Waals surface area contributed by atoms with E-state index in [1.54, 1.807) is 12.1 Å². The van der Waals surface area contributed by atoms with Gasteiger partial charge >= 0.3 is 0 Å². The predicted octanol–water partition coefficient (Wildman–Crippen LogP) is 4.37. The molecule has 4 rings (SSSR count). The number of benzene rings is 2. The zero-order valence-electron chi connectivity index (χ0n) is 14.8. The lowest BCUT2D eigenvalue weighted by molar-refractivity contribution is -0.133. The second-order valence-electron chi connectivity index (χ2n) is 6.79. The number of nitrogens with zero attached hydrogens (tertiary/aromatic N) is 3. The van der Waals surface area contributed by atoms with Crippen molar-refractivity contribution in [1.29, 1.82) is 0 Å². The standard InChI is InChI=1S/C21H20ClN3O2/c22-18-10-8-16(9-11-18)20-23-19(27-24-20)12-13-25(21(26)17-6-7-17)14-15-4-2-1-3-5-15/h1-5,8-11,17H,6-7,12-14H2. The third-order valence-corrected chi connectivity index (χ3v) is 4.87. The lowest BCUT2D eigenvalue weighted by atomic mass is 10.2. The van der Waals surface area contributed by atoms with E-state index in [0.717, 1.165) is 24.0 Å². The molecule has 0 saturated heterocycles. The fourth-order valence-corrected chi connectivity index (χ4v) is 3.09. The van der Waals surface area contributed by atoms with Gasteiger partial charge in [0.15, 0.2) is 0 Å². The summed E-state index contributed by atoms with van der Waals surface area (Å²) in [4.78, 5) is 19.0. The minimum Gasteiger partial charge on any atom is -0.339 e. The molecule has 6 heteroatoms. The average molecular weight is 382 g/mol. The topological polar surface area (TPSA) is 59.2 Å². The van der Waals surface area contributed by atoms with Gasteiger partial charge in [-0.2, -0.15) is 4.98 Å². The van der Waals surface area contributed by atoms with Crippen molar-refractivity contribution in [2.24, 2.45) is 5.92 Å². The molecule has 5 nitrogen and oxygen atoms in total. The number of rotatable bonds is 7. The van der Waals surface area contributed by atoms with Crippen LogP contribution in [0.2, 0.25) is 5.02 Å². The van der Waals surface area contributed by atoms with Crippen molar-refractivity contribution in [2.75, 3.05) is 6.54 Å². The molecule has 1 amide bonds. The van der Waals surface area contributed by atoms with Crippen molar-refractivity contribution < 1.29 is 9.32 Å². The maximum Gasteiger partial charge on any atom is 0.228 e. The molecular formula is C21H20ClN3O2. The average Bonchev–Trinajstić information content (AvgIpc) is 3.44. The summed E-state index contributed by atoms with van der Waals surface area (Å²) in [7, 11) is 0. The molecule has 1 aliphatic carbocycles. The first-order valence-electron chi connectivity index (χ1n) is 9.10. The highest BCUT2D eigenvalue weighted by molar-refractivity contribution is 6.30. The van der Waals surface area contributed by atoms with Crippen LogP contribution in [0.5, 0.6) is 0 Å². The lowest BCUT2D eigenvalue weighted by Crippen LogP contribution is -2.33. The predicted molar refractivity (Wildman–Crippen MR) is 103 cm³/mol. The highest BCUT2D eigenvalue weighted by Crippen LogP contribution is 2.31. The Kier molecular flexibility index (Phi) is 5.21. The molecule has 138 valence electrons. The van der Waals surface area contributed by atoms with E-state index in [2.05, 4.69) is 10.1 Å². The van der Waals surface area contributed by atoms with Crippen molar-refractivity contribution in [3.8, 4) is 11.4 Å². The fraction of sp³-hybridized carbons (Fsp3) is 0.286. The Bertz CT molecular complexity index is 905. The minimum atomic E-state index is 0.182. The van der Waals surface area contributed by atoms with Crippen LogP contribution in [-0.4, -0.2) is 27.5 Å². The largest absolute Gasteiger partial charge is 0.339 e. The van der Waals surface area contributed by atoms with Gasteiger partial charge in [0.25, 0.3) is 0 Å². The Hall–Kier alpha value is -2.66. The maximum absolute atomic E-state index is 12.6. The molecule has 0 N–H and O–H groups in total. The van der Waals surface area contributed by atoms with E-state index in [-0.39, 0.29) is 11.8 Å². The third kappa shape index (κ3) is 4.55.